The Labute approximate surface area is 191 Å². The van der Waals surface area contributed by atoms with E-state index in [1.165, 1.54) is 4.68 Å². The summed E-state index contributed by atoms with van der Waals surface area (Å²) in [6.07, 6.45) is 2.31. The van der Waals surface area contributed by atoms with Crippen molar-refractivity contribution in [3.05, 3.63) is 83.7 Å². The first-order valence-electron chi connectivity index (χ1n) is 11.3. The van der Waals surface area contributed by atoms with Crippen molar-refractivity contribution in [2.45, 2.75) is 50.0 Å². The summed E-state index contributed by atoms with van der Waals surface area (Å²) in [5.74, 6) is -0.339. The Kier molecular flexibility index (Phi) is 5.66. The number of amides is 2. The minimum absolute atomic E-state index is 0.0141. The van der Waals surface area contributed by atoms with Crippen LogP contribution in [0.5, 0.6) is 0 Å². The van der Waals surface area contributed by atoms with Crippen LogP contribution < -0.4 is 5.32 Å². The lowest BCUT2D eigenvalue weighted by Gasteiger charge is -2.28. The van der Waals surface area contributed by atoms with Gasteiger partial charge in [-0.1, -0.05) is 65.9 Å². The highest BCUT2D eigenvalue weighted by Gasteiger charge is 2.55. The third kappa shape index (κ3) is 4.37. The largest absolute Gasteiger partial charge is 0.347 e. The van der Waals surface area contributed by atoms with Crippen molar-refractivity contribution in [1.82, 2.24) is 25.2 Å². The van der Waals surface area contributed by atoms with Crippen LogP contribution in [0.15, 0.2) is 66.9 Å². The molecule has 2 amide bonds. The molecule has 3 aromatic rings. The van der Waals surface area contributed by atoms with Crippen LogP contribution in [0.3, 0.4) is 0 Å². The highest BCUT2D eigenvalue weighted by atomic mass is 19.1. The van der Waals surface area contributed by atoms with E-state index >= 15 is 0 Å². The van der Waals surface area contributed by atoms with Crippen molar-refractivity contribution < 1.29 is 14.0 Å². The van der Waals surface area contributed by atoms with Crippen LogP contribution >= 0.6 is 0 Å². The van der Waals surface area contributed by atoms with Crippen molar-refractivity contribution in [1.29, 1.82) is 0 Å². The number of nitrogens with zero attached hydrogens (tertiary/aromatic N) is 4. The van der Waals surface area contributed by atoms with Gasteiger partial charge in [0.05, 0.1) is 30.7 Å². The van der Waals surface area contributed by atoms with Crippen molar-refractivity contribution in [2.24, 2.45) is 0 Å². The first-order chi connectivity index (χ1) is 16.0. The molecule has 0 spiro atoms. The van der Waals surface area contributed by atoms with Gasteiger partial charge in [-0.3, -0.25) is 9.59 Å². The van der Waals surface area contributed by atoms with E-state index in [2.05, 4.69) is 15.6 Å². The fraction of sp³-hybridized carbons (Fsp3) is 0.360. The first-order valence-corrected chi connectivity index (χ1v) is 11.3. The van der Waals surface area contributed by atoms with Crippen LogP contribution in [0.25, 0.3) is 0 Å². The number of carbonyl (C=O) groups excluding carboxylic acids is 2. The molecule has 1 N–H and O–H groups in total. The van der Waals surface area contributed by atoms with E-state index in [-0.39, 0.29) is 36.5 Å². The van der Waals surface area contributed by atoms with E-state index in [1.54, 1.807) is 11.1 Å². The summed E-state index contributed by atoms with van der Waals surface area (Å²) in [6, 6.07) is 19.0. The molecular weight excluding hydrogens is 421 g/mol. The minimum atomic E-state index is -1.07. The fourth-order valence-corrected chi connectivity index (χ4v) is 4.64. The quantitative estimate of drug-likeness (QED) is 0.604. The number of nitrogens with one attached hydrogen (secondary N) is 1. The molecule has 2 heterocycles. The number of benzene rings is 2. The van der Waals surface area contributed by atoms with E-state index in [0.29, 0.717) is 13.1 Å². The molecule has 1 aliphatic carbocycles. The summed E-state index contributed by atoms with van der Waals surface area (Å²) in [6.45, 7) is 0.787. The van der Waals surface area contributed by atoms with Crippen molar-refractivity contribution in [3.63, 3.8) is 0 Å². The van der Waals surface area contributed by atoms with Gasteiger partial charge in [-0.05, 0) is 24.0 Å². The Balaban J connectivity index is 1.25. The van der Waals surface area contributed by atoms with E-state index in [4.69, 9.17) is 0 Å². The number of halogens is 1. The molecular formula is C25H26FN5O2. The number of alkyl halides is 1. The zero-order valence-corrected chi connectivity index (χ0v) is 18.2. The van der Waals surface area contributed by atoms with Crippen LogP contribution in [0.1, 0.15) is 40.9 Å². The standard InChI is InChI=1S/C25H26FN5O2/c26-20-13-21(31(15-20)24(33)25(11-12-25)19-9-5-2-6-10-19)16-30-17-22(28-29-30)23(32)27-14-18-7-3-1-4-8-18/h1-10,17,20-21H,11-16H2,(H,27,32)/t20-,21-/m0/s1. The molecule has 2 atom stereocenters. The zero-order chi connectivity index (χ0) is 22.8. The lowest BCUT2D eigenvalue weighted by Crippen LogP contribution is -2.44. The van der Waals surface area contributed by atoms with Crippen LogP contribution in [-0.4, -0.2) is 50.5 Å². The van der Waals surface area contributed by atoms with Crippen LogP contribution in [-0.2, 0) is 23.3 Å². The third-order valence-corrected chi connectivity index (χ3v) is 6.58. The average molecular weight is 448 g/mol. The van der Waals surface area contributed by atoms with Crippen LogP contribution in [0, 0.1) is 0 Å². The molecule has 33 heavy (non-hydrogen) atoms. The van der Waals surface area contributed by atoms with E-state index in [0.717, 1.165) is 24.0 Å². The molecule has 0 unspecified atom stereocenters. The summed E-state index contributed by atoms with van der Waals surface area (Å²) in [7, 11) is 0. The minimum Gasteiger partial charge on any atom is -0.347 e. The number of rotatable bonds is 7. The summed E-state index contributed by atoms with van der Waals surface area (Å²) in [5.41, 5.74) is 1.64. The van der Waals surface area contributed by atoms with Crippen LogP contribution in [0.4, 0.5) is 4.39 Å². The van der Waals surface area contributed by atoms with Gasteiger partial charge < -0.3 is 10.2 Å². The SMILES string of the molecule is O=C(NCc1ccccc1)c1cn(C[C@@H]2C[C@H](F)CN2C(=O)C2(c3ccccc3)CC2)nn1. The Bertz CT molecular complexity index is 1130. The molecule has 2 fully saturated rings. The van der Waals surface area contributed by atoms with Gasteiger partial charge in [0.1, 0.15) is 6.17 Å². The Morgan fingerprint density at radius 1 is 1.06 bits per heavy atom. The van der Waals surface area contributed by atoms with E-state index in [9.17, 15) is 14.0 Å². The first kappa shape index (κ1) is 21.3. The van der Waals surface area contributed by atoms with Crippen molar-refractivity contribution in [2.75, 3.05) is 6.54 Å². The summed E-state index contributed by atoms with van der Waals surface area (Å²) >= 11 is 0. The predicted octanol–water partition coefficient (Wildman–Crippen LogP) is 2.88. The molecule has 2 aromatic carbocycles. The molecule has 170 valence electrons. The van der Waals surface area contributed by atoms with Gasteiger partial charge in [-0.2, -0.15) is 0 Å². The highest BCUT2D eigenvalue weighted by molar-refractivity contribution is 5.92. The number of hydrogen-bond donors (Lipinski definition) is 1. The maximum absolute atomic E-state index is 14.4. The zero-order valence-electron chi connectivity index (χ0n) is 18.2. The fourth-order valence-electron chi connectivity index (χ4n) is 4.64. The van der Waals surface area contributed by atoms with Crippen LogP contribution in [0.2, 0.25) is 0 Å². The summed E-state index contributed by atoms with van der Waals surface area (Å²) in [5, 5.41) is 10.9. The second-order valence-electron chi connectivity index (χ2n) is 8.89. The van der Waals surface area contributed by atoms with Gasteiger partial charge in [0.2, 0.25) is 5.91 Å². The molecule has 0 bridgehead atoms. The highest BCUT2D eigenvalue weighted by Crippen LogP contribution is 2.50. The molecule has 2 aliphatic rings. The molecule has 8 heteroatoms. The van der Waals surface area contributed by atoms with Gasteiger partial charge in [0.15, 0.2) is 5.69 Å². The van der Waals surface area contributed by atoms with Crippen molar-refractivity contribution in [3.8, 4) is 0 Å². The maximum Gasteiger partial charge on any atom is 0.273 e. The second-order valence-corrected chi connectivity index (χ2v) is 8.89. The topological polar surface area (TPSA) is 80.1 Å². The number of aromatic nitrogens is 3. The molecule has 7 nitrogen and oxygen atoms in total. The molecule has 0 radical (unpaired) electrons. The second kappa shape index (κ2) is 8.77. The van der Waals surface area contributed by atoms with Gasteiger partial charge >= 0.3 is 0 Å². The van der Waals surface area contributed by atoms with Gasteiger partial charge in [-0.15, -0.1) is 5.10 Å². The summed E-state index contributed by atoms with van der Waals surface area (Å²) in [4.78, 5) is 27.6. The number of carbonyl (C=O) groups is 2. The number of hydrogen-bond acceptors (Lipinski definition) is 4. The van der Waals surface area contributed by atoms with Crippen molar-refractivity contribution >= 4 is 11.8 Å². The molecule has 1 saturated heterocycles. The molecule has 1 aromatic heterocycles. The number of likely N-dealkylation sites (tertiary alicyclic amines) is 1. The maximum atomic E-state index is 14.4. The lowest BCUT2D eigenvalue weighted by molar-refractivity contribution is -0.135. The lowest BCUT2D eigenvalue weighted by atomic mass is 9.94. The van der Waals surface area contributed by atoms with E-state index in [1.807, 2.05) is 60.7 Å². The Morgan fingerprint density at radius 3 is 2.45 bits per heavy atom. The monoisotopic (exact) mass is 447 g/mol. The predicted molar refractivity (Wildman–Crippen MR) is 120 cm³/mol. The Hall–Kier alpha value is -3.55. The third-order valence-electron chi connectivity index (χ3n) is 6.58. The average Bonchev–Trinajstić information content (AvgIpc) is 3.39. The normalized spacial score (nSPS) is 21.1. The van der Waals surface area contributed by atoms with Gasteiger partial charge in [-0.25, -0.2) is 9.07 Å². The smallest absolute Gasteiger partial charge is 0.273 e. The molecule has 1 saturated carbocycles. The summed E-state index contributed by atoms with van der Waals surface area (Å²) < 4.78 is 15.9. The van der Waals surface area contributed by atoms with Gasteiger partial charge in [0, 0.05) is 13.0 Å². The van der Waals surface area contributed by atoms with Gasteiger partial charge in [0.25, 0.3) is 5.91 Å². The van der Waals surface area contributed by atoms with E-state index < -0.39 is 11.6 Å². The molecule has 1 aliphatic heterocycles. The Morgan fingerprint density at radius 2 is 1.76 bits per heavy atom. The molecule has 5 rings (SSSR count).